The lowest BCUT2D eigenvalue weighted by Gasteiger charge is -2.17. The number of fused-ring (bicyclic) bond motifs is 6. The lowest BCUT2D eigenvalue weighted by atomic mass is 9.84. The number of rotatable bonds is 1. The molecule has 0 aromatic heterocycles. The van der Waals surface area contributed by atoms with Crippen LogP contribution in [0.4, 0.5) is 0 Å². The van der Waals surface area contributed by atoms with Gasteiger partial charge in [-0.2, -0.15) is 8.42 Å². The van der Waals surface area contributed by atoms with Crippen molar-refractivity contribution in [2.24, 2.45) is 0 Å². The van der Waals surface area contributed by atoms with Crippen LogP contribution in [-0.4, -0.2) is 38.0 Å². The Morgan fingerprint density at radius 1 is 0.824 bits per heavy atom. The van der Waals surface area contributed by atoms with Crippen LogP contribution in [0.15, 0.2) is 89.8 Å². The largest absolute Gasteiger partial charge is 0.457 e. The molecule has 0 aliphatic carbocycles. The molecule has 34 heavy (non-hydrogen) atoms. The number of hydrogen-bond donors (Lipinski definition) is 1. The minimum atomic E-state index is -4.09. The molecule has 0 saturated carbocycles. The maximum absolute atomic E-state index is 10.8. The molecule has 1 fully saturated rings. The van der Waals surface area contributed by atoms with Gasteiger partial charge in [0.05, 0.1) is 4.90 Å². The molecule has 1 saturated heterocycles. The molecular formula is C27H24ClNO4S. The molecule has 4 aromatic rings. The Morgan fingerprint density at radius 3 is 2.24 bits per heavy atom. The van der Waals surface area contributed by atoms with Gasteiger partial charge in [-0.15, -0.1) is 0 Å². The van der Waals surface area contributed by atoms with Gasteiger partial charge in [0, 0.05) is 35.5 Å². The van der Waals surface area contributed by atoms with E-state index in [1.54, 1.807) is 12.1 Å². The maximum Gasteiger partial charge on any atom is 0.294 e. The summed E-state index contributed by atoms with van der Waals surface area (Å²) in [4.78, 5) is 2.32. The summed E-state index contributed by atoms with van der Waals surface area (Å²) in [6, 6.07) is 26.2. The lowest BCUT2D eigenvalue weighted by Crippen LogP contribution is -2.14. The van der Waals surface area contributed by atoms with E-state index in [1.807, 2.05) is 36.4 Å². The SMILES string of the molecule is CN1C[C@H]2c3ccccc3Oc3ccc(Cl)cc3[C@@H]2C1.O=S(=O)(O)c1ccc2ccccc2c1. The molecule has 174 valence electrons. The second kappa shape index (κ2) is 9.04. The molecule has 7 heteroatoms. The van der Waals surface area contributed by atoms with Crippen molar-refractivity contribution in [1.82, 2.24) is 4.90 Å². The zero-order valence-corrected chi connectivity index (χ0v) is 20.1. The Bertz CT molecular complexity index is 1470. The second-order valence-electron chi connectivity index (χ2n) is 8.74. The first kappa shape index (κ1) is 22.9. The van der Waals surface area contributed by atoms with Crippen LogP contribution >= 0.6 is 11.6 Å². The Balaban J connectivity index is 0.000000152. The standard InChI is InChI=1S/C17H16ClNO.C10H8O3S/c1-19-9-14-12-4-2-3-5-16(12)20-17-7-6-11(18)8-13(17)15(14)10-19;11-14(12,13)10-6-5-8-3-1-2-4-9(8)7-10/h2-8,14-15H,9-10H2,1H3;1-7H,(H,11,12,13)/t14-,15-;/m0./s1. The molecule has 1 N–H and O–H groups in total. The van der Waals surface area contributed by atoms with E-state index in [-0.39, 0.29) is 4.90 Å². The van der Waals surface area contributed by atoms with Crippen molar-refractivity contribution in [3.05, 3.63) is 101 Å². The fourth-order valence-corrected chi connectivity index (χ4v) is 5.56. The van der Waals surface area contributed by atoms with E-state index in [2.05, 4.69) is 36.2 Å². The van der Waals surface area contributed by atoms with Crippen molar-refractivity contribution in [2.75, 3.05) is 20.1 Å². The summed E-state index contributed by atoms with van der Waals surface area (Å²) in [7, 11) is -1.91. The van der Waals surface area contributed by atoms with Crippen molar-refractivity contribution >= 4 is 32.5 Å². The number of ether oxygens (including phenoxy) is 1. The number of likely N-dealkylation sites (tertiary alicyclic amines) is 1. The highest BCUT2D eigenvalue weighted by atomic mass is 35.5. The molecule has 0 radical (unpaired) electrons. The number of halogens is 1. The molecular weight excluding hydrogens is 470 g/mol. The average molecular weight is 494 g/mol. The summed E-state index contributed by atoms with van der Waals surface area (Å²) in [6.07, 6.45) is 0. The number of para-hydroxylation sites is 1. The van der Waals surface area contributed by atoms with Gasteiger partial charge >= 0.3 is 0 Å². The first-order valence-corrected chi connectivity index (χ1v) is 12.8. The summed E-state index contributed by atoms with van der Waals surface area (Å²) in [5, 5.41) is 2.52. The van der Waals surface area contributed by atoms with E-state index < -0.39 is 10.1 Å². The van der Waals surface area contributed by atoms with E-state index in [4.69, 9.17) is 20.9 Å². The Morgan fingerprint density at radius 2 is 1.47 bits per heavy atom. The first-order valence-electron chi connectivity index (χ1n) is 11.0. The van der Waals surface area contributed by atoms with Gasteiger partial charge in [-0.3, -0.25) is 4.55 Å². The highest BCUT2D eigenvalue weighted by Gasteiger charge is 2.38. The zero-order valence-electron chi connectivity index (χ0n) is 18.6. The fraction of sp³-hybridized carbons (Fsp3) is 0.185. The van der Waals surface area contributed by atoms with Gasteiger partial charge in [0.2, 0.25) is 0 Å². The summed E-state index contributed by atoms with van der Waals surface area (Å²) < 4.78 is 36.6. The summed E-state index contributed by atoms with van der Waals surface area (Å²) in [5.74, 6) is 2.87. The van der Waals surface area contributed by atoms with E-state index in [1.165, 1.54) is 23.3 Å². The van der Waals surface area contributed by atoms with Crippen LogP contribution in [0.5, 0.6) is 11.5 Å². The molecule has 2 heterocycles. The van der Waals surface area contributed by atoms with Gasteiger partial charge < -0.3 is 9.64 Å². The Hall–Kier alpha value is -2.90. The quantitative estimate of drug-likeness (QED) is 0.313. The van der Waals surface area contributed by atoms with Crippen molar-refractivity contribution in [1.29, 1.82) is 0 Å². The summed E-state index contributed by atoms with van der Waals surface area (Å²) in [6.45, 7) is 2.12. The monoisotopic (exact) mass is 493 g/mol. The molecule has 0 unspecified atom stereocenters. The number of likely N-dealkylation sites (N-methyl/N-ethyl adjacent to an activating group) is 1. The van der Waals surface area contributed by atoms with Crippen LogP contribution in [0.3, 0.4) is 0 Å². The van der Waals surface area contributed by atoms with Crippen molar-refractivity contribution in [3.8, 4) is 11.5 Å². The van der Waals surface area contributed by atoms with Crippen molar-refractivity contribution in [2.45, 2.75) is 16.7 Å². The maximum atomic E-state index is 10.8. The smallest absolute Gasteiger partial charge is 0.294 e. The predicted molar refractivity (Wildman–Crippen MR) is 135 cm³/mol. The van der Waals surface area contributed by atoms with Crippen LogP contribution in [0.1, 0.15) is 23.0 Å². The van der Waals surface area contributed by atoms with Gasteiger partial charge in [-0.1, -0.05) is 60.1 Å². The molecule has 0 bridgehead atoms. The molecule has 4 aromatic carbocycles. The molecule has 2 aliphatic rings. The Kier molecular flexibility index (Phi) is 6.08. The van der Waals surface area contributed by atoms with Crippen LogP contribution in [0.2, 0.25) is 5.02 Å². The topological polar surface area (TPSA) is 66.8 Å². The zero-order chi connectivity index (χ0) is 23.9. The van der Waals surface area contributed by atoms with Crippen LogP contribution in [-0.2, 0) is 10.1 Å². The molecule has 6 rings (SSSR count). The Labute approximate surface area is 204 Å². The van der Waals surface area contributed by atoms with Crippen LogP contribution in [0.25, 0.3) is 10.8 Å². The normalized spacial score (nSPS) is 19.1. The average Bonchev–Trinajstić information content (AvgIpc) is 3.16. The molecule has 2 atom stereocenters. The van der Waals surface area contributed by atoms with Gasteiger partial charge in [0.15, 0.2) is 0 Å². The van der Waals surface area contributed by atoms with Crippen molar-refractivity contribution in [3.63, 3.8) is 0 Å². The predicted octanol–water partition coefficient (Wildman–Crippen LogP) is 6.35. The highest BCUT2D eigenvalue weighted by Crippen LogP contribution is 2.49. The van der Waals surface area contributed by atoms with E-state index in [0.717, 1.165) is 40.4 Å². The third-order valence-corrected chi connectivity index (χ3v) is 7.52. The van der Waals surface area contributed by atoms with Gasteiger partial charge in [-0.25, -0.2) is 0 Å². The summed E-state index contributed by atoms with van der Waals surface area (Å²) in [5.41, 5.74) is 2.55. The van der Waals surface area contributed by atoms with Gasteiger partial charge in [-0.05, 0) is 59.8 Å². The lowest BCUT2D eigenvalue weighted by molar-refractivity contribution is 0.401. The second-order valence-corrected chi connectivity index (χ2v) is 10.6. The summed E-state index contributed by atoms with van der Waals surface area (Å²) >= 11 is 6.20. The van der Waals surface area contributed by atoms with Crippen LogP contribution < -0.4 is 4.74 Å². The molecule has 0 spiro atoms. The van der Waals surface area contributed by atoms with Gasteiger partial charge in [0.1, 0.15) is 11.5 Å². The minimum Gasteiger partial charge on any atom is -0.457 e. The fourth-order valence-electron chi connectivity index (χ4n) is 4.86. The van der Waals surface area contributed by atoms with Crippen molar-refractivity contribution < 1.29 is 17.7 Å². The third-order valence-electron chi connectivity index (χ3n) is 6.43. The first-order chi connectivity index (χ1) is 16.3. The number of hydrogen-bond acceptors (Lipinski definition) is 4. The number of nitrogens with zero attached hydrogens (tertiary/aromatic N) is 1. The van der Waals surface area contributed by atoms with E-state index in [9.17, 15) is 8.42 Å². The molecule has 5 nitrogen and oxygen atoms in total. The molecule has 2 aliphatic heterocycles. The minimum absolute atomic E-state index is 0.0730. The van der Waals surface area contributed by atoms with E-state index in [0.29, 0.717) is 11.8 Å². The van der Waals surface area contributed by atoms with Crippen LogP contribution in [0, 0.1) is 0 Å². The highest BCUT2D eigenvalue weighted by molar-refractivity contribution is 7.85. The van der Waals surface area contributed by atoms with Gasteiger partial charge in [0.25, 0.3) is 10.1 Å². The van der Waals surface area contributed by atoms with E-state index >= 15 is 0 Å². The third kappa shape index (κ3) is 4.55. The number of benzene rings is 4. The molecule has 0 amide bonds.